The summed E-state index contributed by atoms with van der Waals surface area (Å²) in [5, 5.41) is 4.01. The van der Waals surface area contributed by atoms with Gasteiger partial charge in [-0.25, -0.2) is 8.78 Å². The number of hydrogen-bond acceptors (Lipinski definition) is 3. The molecule has 0 aliphatic heterocycles. The van der Waals surface area contributed by atoms with Gasteiger partial charge in [-0.1, -0.05) is 5.16 Å². The molecule has 7 heteroatoms. The zero-order valence-corrected chi connectivity index (χ0v) is 17.8. The number of alkyl halides is 2. The second kappa shape index (κ2) is 6.53. The molecule has 0 saturated heterocycles. The third-order valence-corrected chi connectivity index (χ3v) is 6.43. The van der Waals surface area contributed by atoms with Gasteiger partial charge >= 0.3 is 0 Å². The van der Waals surface area contributed by atoms with Gasteiger partial charge in [0.2, 0.25) is 0 Å². The van der Waals surface area contributed by atoms with Gasteiger partial charge in [-0.3, -0.25) is 4.98 Å². The number of nitrogens with zero attached hydrogens (tertiary/aromatic N) is 3. The van der Waals surface area contributed by atoms with Crippen LogP contribution in [0.5, 0.6) is 0 Å². The highest BCUT2D eigenvalue weighted by molar-refractivity contribution is 14.1. The molecule has 1 fully saturated rings. The highest BCUT2D eigenvalue weighted by atomic mass is 127. The molecule has 27 heavy (non-hydrogen) atoms. The Labute approximate surface area is 170 Å². The van der Waals surface area contributed by atoms with Crippen molar-refractivity contribution in [3.8, 4) is 11.1 Å². The first-order valence-electron chi connectivity index (χ1n) is 9.13. The van der Waals surface area contributed by atoms with Gasteiger partial charge < -0.3 is 9.09 Å². The first-order valence-corrected chi connectivity index (χ1v) is 10.2. The topological polar surface area (TPSA) is 43.9 Å². The van der Waals surface area contributed by atoms with Crippen LogP contribution in [0.2, 0.25) is 0 Å². The highest BCUT2D eigenvalue weighted by Gasteiger charge is 2.41. The smallest absolute Gasteiger partial charge is 0.141 e. The van der Waals surface area contributed by atoms with Gasteiger partial charge in [0.05, 0.1) is 21.3 Å². The summed E-state index contributed by atoms with van der Waals surface area (Å²) < 4.78 is 37.7. The first-order chi connectivity index (χ1) is 12.7. The zero-order chi connectivity index (χ0) is 19.4. The van der Waals surface area contributed by atoms with Crippen molar-refractivity contribution in [2.24, 2.45) is 0 Å². The van der Waals surface area contributed by atoms with Gasteiger partial charge in [-0.05, 0) is 75.1 Å². The third-order valence-electron chi connectivity index (χ3n) is 5.64. The lowest BCUT2D eigenvalue weighted by Crippen LogP contribution is -2.38. The van der Waals surface area contributed by atoms with Crippen LogP contribution in [0.3, 0.4) is 0 Å². The lowest BCUT2D eigenvalue weighted by molar-refractivity contribution is 0.0132. The largest absolute Gasteiger partial charge is 0.361 e. The second-order valence-corrected chi connectivity index (χ2v) is 9.12. The molecule has 1 aliphatic rings. The van der Waals surface area contributed by atoms with Gasteiger partial charge in [0, 0.05) is 23.5 Å². The summed E-state index contributed by atoms with van der Waals surface area (Å²) >= 11 is 2.23. The molecule has 3 aromatic heterocycles. The van der Waals surface area contributed by atoms with Crippen LogP contribution in [0.15, 0.2) is 23.0 Å². The molecule has 144 valence electrons. The van der Waals surface area contributed by atoms with E-state index in [1.165, 1.54) is 0 Å². The van der Waals surface area contributed by atoms with Crippen molar-refractivity contribution in [1.29, 1.82) is 0 Å². The summed E-state index contributed by atoms with van der Waals surface area (Å²) in [4.78, 5) is 4.60. The fraction of sp³-hybridized carbons (Fsp3) is 0.500. The standard InChI is InChI=1S/C20H22F2IN3O/c1-12-17(13(2)27-25-12)14-8-16-18(24-9-14)15(23)10-26(16)11-20(22)6-4-19(3,21)5-7-20/h8-10H,4-7,11H2,1-3H3. The number of fused-ring (bicyclic) bond motifs is 1. The fourth-order valence-electron chi connectivity index (χ4n) is 3.97. The predicted molar refractivity (Wildman–Crippen MR) is 109 cm³/mol. The molecular formula is C20H22F2IN3O. The Morgan fingerprint density at radius 1 is 1.22 bits per heavy atom. The van der Waals surface area contributed by atoms with E-state index in [0.717, 1.165) is 37.2 Å². The Bertz CT molecular complexity index is 979. The molecule has 3 heterocycles. The lowest BCUT2D eigenvalue weighted by Gasteiger charge is -2.36. The first kappa shape index (κ1) is 18.8. The van der Waals surface area contributed by atoms with Crippen molar-refractivity contribution in [1.82, 2.24) is 14.7 Å². The average Bonchev–Trinajstić information content (AvgIpc) is 3.10. The van der Waals surface area contributed by atoms with E-state index in [0.29, 0.717) is 0 Å². The Kier molecular flexibility index (Phi) is 4.56. The van der Waals surface area contributed by atoms with E-state index in [-0.39, 0.29) is 32.2 Å². The van der Waals surface area contributed by atoms with Gasteiger partial charge in [-0.15, -0.1) is 0 Å². The van der Waals surface area contributed by atoms with E-state index in [1.54, 1.807) is 6.92 Å². The van der Waals surface area contributed by atoms with Crippen molar-refractivity contribution >= 4 is 33.6 Å². The van der Waals surface area contributed by atoms with Crippen molar-refractivity contribution in [3.63, 3.8) is 0 Å². The van der Waals surface area contributed by atoms with Crippen LogP contribution >= 0.6 is 22.6 Å². The van der Waals surface area contributed by atoms with Crippen LogP contribution in [0, 0.1) is 17.4 Å². The molecule has 1 saturated carbocycles. The Balaban J connectivity index is 1.72. The maximum Gasteiger partial charge on any atom is 0.141 e. The number of hydrogen-bond donors (Lipinski definition) is 0. The van der Waals surface area contributed by atoms with Crippen molar-refractivity contribution in [2.75, 3.05) is 0 Å². The summed E-state index contributed by atoms with van der Waals surface area (Å²) in [6, 6.07) is 2.02. The van der Waals surface area contributed by atoms with Crippen LogP contribution < -0.4 is 0 Å². The molecule has 0 amide bonds. The van der Waals surface area contributed by atoms with Gasteiger partial charge in [0.1, 0.15) is 22.6 Å². The van der Waals surface area contributed by atoms with E-state index in [4.69, 9.17) is 4.52 Å². The molecule has 4 rings (SSSR count). The Morgan fingerprint density at radius 3 is 2.56 bits per heavy atom. The summed E-state index contributed by atoms with van der Waals surface area (Å²) in [7, 11) is 0. The normalized spacial score (nSPS) is 26.0. The third kappa shape index (κ3) is 3.50. The second-order valence-electron chi connectivity index (χ2n) is 7.96. The molecule has 1 aliphatic carbocycles. The van der Waals surface area contributed by atoms with E-state index >= 15 is 4.39 Å². The van der Waals surface area contributed by atoms with Crippen molar-refractivity contribution in [2.45, 2.75) is 64.3 Å². The number of halogens is 3. The van der Waals surface area contributed by atoms with Gasteiger partial charge in [-0.2, -0.15) is 0 Å². The van der Waals surface area contributed by atoms with Crippen molar-refractivity contribution in [3.05, 3.63) is 33.5 Å². The van der Waals surface area contributed by atoms with Crippen LogP contribution in [-0.4, -0.2) is 26.0 Å². The average molecular weight is 485 g/mol. The summed E-state index contributed by atoms with van der Waals surface area (Å²) in [6.45, 7) is 5.55. The summed E-state index contributed by atoms with van der Waals surface area (Å²) in [5.74, 6) is 0.734. The Hall–Kier alpha value is -1.51. The minimum Gasteiger partial charge on any atom is -0.361 e. The van der Waals surface area contributed by atoms with Crippen LogP contribution in [-0.2, 0) is 6.54 Å². The molecule has 0 unspecified atom stereocenters. The van der Waals surface area contributed by atoms with Crippen LogP contribution in [0.4, 0.5) is 8.78 Å². The molecule has 0 N–H and O–H groups in total. The highest BCUT2D eigenvalue weighted by Crippen LogP contribution is 2.41. The molecule has 4 nitrogen and oxygen atoms in total. The molecule has 0 radical (unpaired) electrons. The quantitative estimate of drug-likeness (QED) is 0.433. The van der Waals surface area contributed by atoms with E-state index in [2.05, 4.69) is 32.7 Å². The summed E-state index contributed by atoms with van der Waals surface area (Å²) in [6.07, 6.45) is 4.76. The predicted octanol–water partition coefficient (Wildman–Crippen LogP) is 5.92. The minimum atomic E-state index is -1.39. The molecule has 0 atom stereocenters. The van der Waals surface area contributed by atoms with E-state index in [9.17, 15) is 4.39 Å². The minimum absolute atomic E-state index is 0.218. The summed E-state index contributed by atoms with van der Waals surface area (Å²) in [5.41, 5.74) is 1.72. The molecule has 0 bridgehead atoms. The molecule has 3 aromatic rings. The van der Waals surface area contributed by atoms with Gasteiger partial charge in [0.15, 0.2) is 0 Å². The fourth-order valence-corrected chi connectivity index (χ4v) is 4.72. The van der Waals surface area contributed by atoms with E-state index in [1.807, 2.05) is 36.9 Å². The number of aromatic nitrogens is 3. The zero-order valence-electron chi connectivity index (χ0n) is 15.7. The maximum absolute atomic E-state index is 15.4. The van der Waals surface area contributed by atoms with Crippen molar-refractivity contribution < 1.29 is 13.3 Å². The molecule has 0 spiro atoms. The van der Waals surface area contributed by atoms with Gasteiger partial charge in [0.25, 0.3) is 0 Å². The van der Waals surface area contributed by atoms with Crippen LogP contribution in [0.1, 0.15) is 44.1 Å². The molecule has 0 aromatic carbocycles. The Morgan fingerprint density at radius 2 is 1.93 bits per heavy atom. The maximum atomic E-state index is 15.4. The number of pyridine rings is 1. The SMILES string of the molecule is Cc1noc(C)c1-c1cnc2c(I)cn(CC3(F)CCC(C)(F)CC3)c2c1. The number of aryl methyl sites for hydroxylation is 2. The lowest BCUT2D eigenvalue weighted by atomic mass is 9.79. The van der Waals surface area contributed by atoms with E-state index < -0.39 is 11.3 Å². The monoisotopic (exact) mass is 485 g/mol. The number of rotatable bonds is 3. The molecular weight excluding hydrogens is 463 g/mol. The van der Waals surface area contributed by atoms with Crippen LogP contribution in [0.25, 0.3) is 22.2 Å².